The van der Waals surface area contributed by atoms with Gasteiger partial charge in [-0.1, -0.05) is 6.07 Å². The first-order chi connectivity index (χ1) is 11.0. The largest absolute Gasteiger partial charge is 0.383 e. The van der Waals surface area contributed by atoms with Crippen molar-refractivity contribution >= 4 is 22.7 Å². The van der Waals surface area contributed by atoms with Gasteiger partial charge in [-0.15, -0.1) is 0 Å². The molecule has 0 aliphatic carbocycles. The van der Waals surface area contributed by atoms with Crippen LogP contribution in [0.25, 0.3) is 11.0 Å². The summed E-state index contributed by atoms with van der Waals surface area (Å²) in [6.07, 6.45) is 1.76. The monoisotopic (exact) mass is 311 g/mol. The smallest absolute Gasteiger partial charge is 0.161 e. The van der Waals surface area contributed by atoms with Crippen molar-refractivity contribution in [1.29, 1.82) is 0 Å². The first kappa shape index (κ1) is 15.2. The van der Waals surface area contributed by atoms with E-state index < -0.39 is 0 Å². The van der Waals surface area contributed by atoms with E-state index in [2.05, 4.69) is 43.9 Å². The number of aromatic amines is 1. The number of nitrogens with one attached hydrogen (secondary N) is 1. The van der Waals surface area contributed by atoms with Gasteiger partial charge in [-0.05, 0) is 33.8 Å². The van der Waals surface area contributed by atoms with Gasteiger partial charge in [-0.25, -0.2) is 15.0 Å². The van der Waals surface area contributed by atoms with Crippen molar-refractivity contribution in [3.8, 4) is 0 Å². The molecule has 0 bridgehead atoms. The predicted octanol–water partition coefficient (Wildman–Crippen LogP) is 2.53. The lowest BCUT2D eigenvalue weighted by Gasteiger charge is -2.30. The minimum Gasteiger partial charge on any atom is -0.383 e. The molecule has 120 valence electrons. The molecule has 7 nitrogen and oxygen atoms in total. The fourth-order valence-corrected chi connectivity index (χ4v) is 2.86. The number of fused-ring (bicyclic) bond motifs is 1. The van der Waals surface area contributed by atoms with Crippen LogP contribution in [-0.4, -0.2) is 31.7 Å². The fourth-order valence-electron chi connectivity index (χ4n) is 2.86. The van der Waals surface area contributed by atoms with Gasteiger partial charge in [0.2, 0.25) is 0 Å². The zero-order valence-electron chi connectivity index (χ0n) is 13.8. The third-order valence-corrected chi connectivity index (χ3v) is 4.03. The van der Waals surface area contributed by atoms with E-state index in [1.807, 2.05) is 26.0 Å². The molecule has 0 saturated carbocycles. The van der Waals surface area contributed by atoms with Gasteiger partial charge in [0.15, 0.2) is 5.65 Å². The second-order valence-electron chi connectivity index (χ2n) is 5.62. The van der Waals surface area contributed by atoms with E-state index in [-0.39, 0.29) is 6.04 Å². The van der Waals surface area contributed by atoms with E-state index in [9.17, 15) is 0 Å². The van der Waals surface area contributed by atoms with Gasteiger partial charge in [0.25, 0.3) is 0 Å². The normalized spacial score (nSPS) is 12.5. The maximum Gasteiger partial charge on any atom is 0.161 e. The minimum absolute atomic E-state index is 0.0421. The summed E-state index contributed by atoms with van der Waals surface area (Å²) in [7, 11) is 0. The van der Waals surface area contributed by atoms with Crippen molar-refractivity contribution < 1.29 is 0 Å². The zero-order chi connectivity index (χ0) is 16.6. The van der Waals surface area contributed by atoms with Crippen molar-refractivity contribution in [1.82, 2.24) is 25.1 Å². The molecule has 0 aliphatic heterocycles. The number of rotatable bonds is 4. The third kappa shape index (κ3) is 2.69. The first-order valence-corrected chi connectivity index (χ1v) is 7.68. The molecule has 0 radical (unpaired) electrons. The van der Waals surface area contributed by atoms with Crippen LogP contribution >= 0.6 is 0 Å². The molecule has 0 amide bonds. The van der Waals surface area contributed by atoms with Gasteiger partial charge in [0.05, 0.1) is 17.6 Å². The lowest BCUT2D eigenvalue weighted by molar-refractivity contribution is 0.680. The fraction of sp³-hybridized carbons (Fsp3) is 0.375. The average Bonchev–Trinajstić information content (AvgIpc) is 2.95. The lowest BCUT2D eigenvalue weighted by atomic mass is 10.1. The second kappa shape index (κ2) is 5.83. The molecular weight excluding hydrogens is 290 g/mol. The molecule has 23 heavy (non-hydrogen) atoms. The van der Waals surface area contributed by atoms with Crippen LogP contribution in [0.15, 0.2) is 18.3 Å². The number of nitrogens with zero attached hydrogens (tertiary/aromatic N) is 5. The molecule has 1 unspecified atom stereocenters. The molecule has 0 spiro atoms. The van der Waals surface area contributed by atoms with Gasteiger partial charge in [-0.3, -0.25) is 5.10 Å². The van der Waals surface area contributed by atoms with Crippen LogP contribution in [0.4, 0.5) is 11.6 Å². The summed E-state index contributed by atoms with van der Waals surface area (Å²) in [5.41, 5.74) is 8.77. The Labute approximate surface area is 135 Å². The van der Waals surface area contributed by atoms with Crippen molar-refractivity contribution in [2.45, 2.75) is 33.7 Å². The number of H-pyrrole nitrogens is 1. The Kier molecular flexibility index (Phi) is 3.85. The summed E-state index contributed by atoms with van der Waals surface area (Å²) in [5.74, 6) is 2.12. The lowest BCUT2D eigenvalue weighted by Crippen LogP contribution is -2.28. The molecule has 3 aromatic heterocycles. The van der Waals surface area contributed by atoms with Crippen LogP contribution in [0.3, 0.4) is 0 Å². The van der Waals surface area contributed by atoms with Crippen molar-refractivity contribution in [3.05, 3.63) is 35.4 Å². The standard InChI is InChI=1S/C16H21N7/c1-5-23(10(3)12-7-6-9(2)19-14(12)17)16-13-8-18-22-15(13)20-11(4)21-16/h6-8,10H,5H2,1-4H3,(H2,17,19)(H,18,20,21,22). The molecule has 0 aromatic carbocycles. The highest BCUT2D eigenvalue weighted by Crippen LogP contribution is 2.31. The highest BCUT2D eigenvalue weighted by molar-refractivity contribution is 5.86. The highest BCUT2D eigenvalue weighted by Gasteiger charge is 2.22. The molecule has 3 heterocycles. The van der Waals surface area contributed by atoms with Crippen LogP contribution in [0.5, 0.6) is 0 Å². The van der Waals surface area contributed by atoms with Crippen LogP contribution < -0.4 is 10.6 Å². The van der Waals surface area contributed by atoms with Crippen LogP contribution in [0.1, 0.15) is 37.0 Å². The van der Waals surface area contributed by atoms with Gasteiger partial charge < -0.3 is 10.6 Å². The average molecular weight is 311 g/mol. The van der Waals surface area contributed by atoms with Gasteiger partial charge in [0, 0.05) is 17.8 Å². The first-order valence-electron chi connectivity index (χ1n) is 7.68. The van der Waals surface area contributed by atoms with Crippen molar-refractivity contribution in [2.24, 2.45) is 0 Å². The maximum absolute atomic E-state index is 6.13. The van der Waals surface area contributed by atoms with E-state index in [1.54, 1.807) is 6.20 Å². The predicted molar refractivity (Wildman–Crippen MR) is 91.2 cm³/mol. The SMILES string of the molecule is CCN(c1nc(C)nc2[nH]ncc12)C(C)c1ccc(C)nc1N. The quantitative estimate of drug-likeness (QED) is 0.768. The number of pyridine rings is 1. The van der Waals surface area contributed by atoms with Gasteiger partial charge in [-0.2, -0.15) is 5.10 Å². The summed E-state index contributed by atoms with van der Waals surface area (Å²) >= 11 is 0. The Morgan fingerprint density at radius 1 is 1.22 bits per heavy atom. The van der Waals surface area contributed by atoms with E-state index in [1.165, 1.54) is 0 Å². The summed E-state index contributed by atoms with van der Waals surface area (Å²) in [4.78, 5) is 15.6. The Morgan fingerprint density at radius 2 is 2.00 bits per heavy atom. The van der Waals surface area contributed by atoms with Crippen LogP contribution in [0, 0.1) is 13.8 Å². The second-order valence-corrected chi connectivity index (χ2v) is 5.62. The highest BCUT2D eigenvalue weighted by atomic mass is 15.2. The topological polar surface area (TPSA) is 96.6 Å². The van der Waals surface area contributed by atoms with E-state index in [0.29, 0.717) is 11.6 Å². The number of nitrogens with two attached hydrogens (primary N) is 1. The summed E-state index contributed by atoms with van der Waals surface area (Å²) < 4.78 is 0. The Morgan fingerprint density at radius 3 is 2.70 bits per heavy atom. The maximum atomic E-state index is 6.13. The Bertz CT molecular complexity index is 840. The number of anilines is 2. The number of aromatic nitrogens is 5. The molecule has 3 N–H and O–H groups in total. The Hall–Kier alpha value is -2.70. The van der Waals surface area contributed by atoms with E-state index in [0.717, 1.165) is 34.7 Å². The summed E-state index contributed by atoms with van der Waals surface area (Å²) in [5, 5.41) is 7.91. The van der Waals surface area contributed by atoms with Crippen LogP contribution in [-0.2, 0) is 0 Å². The molecule has 1 atom stereocenters. The Balaban J connectivity index is 2.09. The van der Waals surface area contributed by atoms with Gasteiger partial charge >= 0.3 is 0 Å². The third-order valence-electron chi connectivity index (χ3n) is 4.03. The number of hydrogen-bond donors (Lipinski definition) is 2. The van der Waals surface area contributed by atoms with E-state index >= 15 is 0 Å². The summed E-state index contributed by atoms with van der Waals surface area (Å²) in [6, 6.07) is 4.06. The molecule has 0 aliphatic rings. The molecule has 7 heteroatoms. The minimum atomic E-state index is 0.0421. The van der Waals surface area contributed by atoms with E-state index in [4.69, 9.17) is 5.73 Å². The van der Waals surface area contributed by atoms with Crippen molar-refractivity contribution in [3.63, 3.8) is 0 Å². The van der Waals surface area contributed by atoms with Crippen LogP contribution in [0.2, 0.25) is 0 Å². The molecule has 0 fully saturated rings. The number of nitrogen functional groups attached to an aromatic ring is 1. The molecular formula is C16H21N7. The van der Waals surface area contributed by atoms with Gasteiger partial charge in [0.1, 0.15) is 17.5 Å². The molecule has 0 saturated heterocycles. The number of aryl methyl sites for hydroxylation is 2. The number of hydrogen-bond acceptors (Lipinski definition) is 6. The zero-order valence-corrected chi connectivity index (χ0v) is 13.8. The molecule has 3 aromatic rings. The van der Waals surface area contributed by atoms with Crippen molar-refractivity contribution in [2.75, 3.05) is 17.2 Å². The summed E-state index contributed by atoms with van der Waals surface area (Å²) in [6.45, 7) is 8.80. The molecule has 3 rings (SSSR count).